The van der Waals surface area contributed by atoms with Gasteiger partial charge >= 0.3 is 0 Å². The number of hydrogen-bond acceptors (Lipinski definition) is 4. The van der Waals surface area contributed by atoms with E-state index in [2.05, 4.69) is 31.4 Å². The quantitative estimate of drug-likeness (QED) is 0.932. The summed E-state index contributed by atoms with van der Waals surface area (Å²) in [6.45, 7) is 2.09. The molecule has 1 N–H and O–H groups in total. The van der Waals surface area contributed by atoms with Crippen LogP contribution in [0.15, 0.2) is 27.2 Å². The Morgan fingerprint density at radius 2 is 2.35 bits per heavy atom. The fraction of sp³-hybridized carbons (Fsp3) is 0.429. The molecule has 20 heavy (non-hydrogen) atoms. The predicted octanol–water partition coefficient (Wildman–Crippen LogP) is 3.18. The number of piperidine rings is 1. The van der Waals surface area contributed by atoms with Crippen molar-refractivity contribution in [2.45, 2.75) is 19.3 Å². The van der Waals surface area contributed by atoms with Gasteiger partial charge in [-0.15, -0.1) is 0 Å². The standard InChI is InChI=1S/C14H15BrFN3O/c15-11-4-3-10(7-12(11)16)14-18-13(19-20-14)6-9-2-1-5-17-8-9/h3-4,7,9,17H,1-2,5-6,8H2. The van der Waals surface area contributed by atoms with Crippen LogP contribution in [0.3, 0.4) is 0 Å². The third kappa shape index (κ3) is 3.07. The monoisotopic (exact) mass is 339 g/mol. The van der Waals surface area contributed by atoms with Crippen LogP contribution < -0.4 is 5.32 Å². The van der Waals surface area contributed by atoms with E-state index in [4.69, 9.17) is 4.52 Å². The summed E-state index contributed by atoms with van der Waals surface area (Å²) in [6.07, 6.45) is 3.17. The molecule has 2 heterocycles. The average Bonchev–Trinajstić information content (AvgIpc) is 2.91. The van der Waals surface area contributed by atoms with Gasteiger partial charge in [-0.2, -0.15) is 4.98 Å². The largest absolute Gasteiger partial charge is 0.334 e. The number of nitrogens with one attached hydrogen (secondary N) is 1. The molecule has 1 saturated heterocycles. The van der Waals surface area contributed by atoms with Crippen molar-refractivity contribution in [2.24, 2.45) is 5.92 Å². The van der Waals surface area contributed by atoms with E-state index in [1.807, 2.05) is 0 Å². The van der Waals surface area contributed by atoms with Crippen molar-refractivity contribution in [3.05, 3.63) is 34.3 Å². The molecule has 1 atom stereocenters. The number of halogens is 2. The second kappa shape index (κ2) is 6.01. The SMILES string of the molecule is Fc1cc(-c2nc(CC3CCCNC3)no2)ccc1Br. The molecule has 0 saturated carbocycles. The van der Waals surface area contributed by atoms with Crippen LogP contribution in [0.2, 0.25) is 0 Å². The fourth-order valence-electron chi connectivity index (χ4n) is 2.44. The van der Waals surface area contributed by atoms with Crippen molar-refractivity contribution < 1.29 is 8.91 Å². The number of hydrogen-bond donors (Lipinski definition) is 1. The van der Waals surface area contributed by atoms with Crippen LogP contribution in [0.5, 0.6) is 0 Å². The Morgan fingerprint density at radius 1 is 1.45 bits per heavy atom. The van der Waals surface area contributed by atoms with Gasteiger partial charge in [-0.1, -0.05) is 5.16 Å². The van der Waals surface area contributed by atoms with E-state index in [-0.39, 0.29) is 5.82 Å². The lowest BCUT2D eigenvalue weighted by Crippen LogP contribution is -2.31. The highest BCUT2D eigenvalue weighted by Crippen LogP contribution is 2.24. The molecule has 1 unspecified atom stereocenters. The topological polar surface area (TPSA) is 51.0 Å². The summed E-state index contributed by atoms with van der Waals surface area (Å²) >= 11 is 3.12. The number of rotatable bonds is 3. The van der Waals surface area contributed by atoms with E-state index in [1.165, 1.54) is 18.9 Å². The van der Waals surface area contributed by atoms with E-state index in [9.17, 15) is 4.39 Å². The molecule has 1 fully saturated rings. The van der Waals surface area contributed by atoms with Gasteiger partial charge in [0.05, 0.1) is 4.47 Å². The number of nitrogens with zero attached hydrogens (tertiary/aromatic N) is 2. The minimum Gasteiger partial charge on any atom is -0.334 e. The second-order valence-electron chi connectivity index (χ2n) is 5.06. The number of aromatic nitrogens is 2. The maximum atomic E-state index is 13.5. The molecule has 0 bridgehead atoms. The lowest BCUT2D eigenvalue weighted by molar-refractivity contribution is 0.360. The van der Waals surface area contributed by atoms with Gasteiger partial charge in [0.25, 0.3) is 5.89 Å². The van der Waals surface area contributed by atoms with Gasteiger partial charge in [-0.3, -0.25) is 0 Å². The molecular formula is C14H15BrFN3O. The van der Waals surface area contributed by atoms with Crippen LogP contribution in [-0.4, -0.2) is 23.2 Å². The Labute approximate surface area is 124 Å². The first-order valence-electron chi connectivity index (χ1n) is 6.71. The molecule has 1 aromatic heterocycles. The van der Waals surface area contributed by atoms with Crippen molar-refractivity contribution in [3.8, 4) is 11.5 Å². The molecule has 2 aromatic rings. The highest BCUT2D eigenvalue weighted by Gasteiger charge is 2.17. The van der Waals surface area contributed by atoms with Gasteiger partial charge in [-0.05, 0) is 66.0 Å². The second-order valence-corrected chi connectivity index (χ2v) is 5.92. The molecule has 0 spiro atoms. The van der Waals surface area contributed by atoms with Crippen molar-refractivity contribution in [1.82, 2.24) is 15.5 Å². The van der Waals surface area contributed by atoms with Crippen LogP contribution in [0, 0.1) is 11.7 Å². The van der Waals surface area contributed by atoms with Crippen molar-refractivity contribution in [2.75, 3.05) is 13.1 Å². The third-order valence-electron chi connectivity index (χ3n) is 3.50. The van der Waals surface area contributed by atoms with Gasteiger partial charge in [0.1, 0.15) is 5.82 Å². The summed E-state index contributed by atoms with van der Waals surface area (Å²) in [7, 11) is 0. The lowest BCUT2D eigenvalue weighted by atomic mass is 9.96. The van der Waals surface area contributed by atoms with E-state index in [0.29, 0.717) is 27.7 Å². The maximum absolute atomic E-state index is 13.5. The maximum Gasteiger partial charge on any atom is 0.258 e. The first-order chi connectivity index (χ1) is 9.72. The fourth-order valence-corrected chi connectivity index (χ4v) is 2.69. The van der Waals surface area contributed by atoms with Gasteiger partial charge in [-0.25, -0.2) is 4.39 Å². The van der Waals surface area contributed by atoms with E-state index < -0.39 is 0 Å². The van der Waals surface area contributed by atoms with Crippen LogP contribution in [0.4, 0.5) is 4.39 Å². The van der Waals surface area contributed by atoms with E-state index in [0.717, 1.165) is 19.5 Å². The Balaban J connectivity index is 1.73. The van der Waals surface area contributed by atoms with Gasteiger partial charge in [0.15, 0.2) is 5.82 Å². The minimum atomic E-state index is -0.335. The van der Waals surface area contributed by atoms with Gasteiger partial charge in [0.2, 0.25) is 0 Å². The third-order valence-corrected chi connectivity index (χ3v) is 4.15. The molecule has 4 nitrogen and oxygen atoms in total. The summed E-state index contributed by atoms with van der Waals surface area (Å²) in [4.78, 5) is 4.36. The van der Waals surface area contributed by atoms with Crippen molar-refractivity contribution >= 4 is 15.9 Å². The predicted molar refractivity (Wildman–Crippen MR) is 76.7 cm³/mol. The lowest BCUT2D eigenvalue weighted by Gasteiger charge is -2.20. The summed E-state index contributed by atoms with van der Waals surface area (Å²) in [5.41, 5.74) is 0.603. The molecule has 0 amide bonds. The van der Waals surface area contributed by atoms with Crippen LogP contribution in [0.25, 0.3) is 11.5 Å². The van der Waals surface area contributed by atoms with Gasteiger partial charge < -0.3 is 9.84 Å². The molecule has 0 radical (unpaired) electrons. The smallest absolute Gasteiger partial charge is 0.258 e. The molecule has 1 aromatic carbocycles. The van der Waals surface area contributed by atoms with Crippen LogP contribution in [0.1, 0.15) is 18.7 Å². The first-order valence-corrected chi connectivity index (χ1v) is 7.50. The average molecular weight is 340 g/mol. The molecule has 0 aliphatic carbocycles. The number of benzene rings is 1. The Morgan fingerprint density at radius 3 is 3.10 bits per heavy atom. The highest BCUT2D eigenvalue weighted by molar-refractivity contribution is 9.10. The van der Waals surface area contributed by atoms with E-state index >= 15 is 0 Å². The van der Waals surface area contributed by atoms with Crippen molar-refractivity contribution in [3.63, 3.8) is 0 Å². The van der Waals surface area contributed by atoms with Crippen LogP contribution in [-0.2, 0) is 6.42 Å². The summed E-state index contributed by atoms with van der Waals surface area (Å²) < 4.78 is 19.1. The Hall–Kier alpha value is -1.27. The molecular weight excluding hydrogens is 325 g/mol. The molecule has 3 rings (SSSR count). The molecule has 1 aliphatic heterocycles. The van der Waals surface area contributed by atoms with Crippen molar-refractivity contribution in [1.29, 1.82) is 0 Å². The van der Waals surface area contributed by atoms with Crippen LogP contribution >= 0.6 is 15.9 Å². The minimum absolute atomic E-state index is 0.335. The molecule has 6 heteroatoms. The normalized spacial score (nSPS) is 19.2. The Kier molecular flexibility index (Phi) is 4.12. The highest BCUT2D eigenvalue weighted by atomic mass is 79.9. The Bertz CT molecular complexity index is 596. The summed E-state index contributed by atoms with van der Waals surface area (Å²) in [5.74, 6) is 1.28. The zero-order valence-electron chi connectivity index (χ0n) is 10.9. The molecule has 106 valence electrons. The molecule has 1 aliphatic rings. The zero-order valence-corrected chi connectivity index (χ0v) is 12.5. The first kappa shape index (κ1) is 13.7. The summed E-state index contributed by atoms with van der Waals surface area (Å²) in [5, 5.41) is 7.36. The summed E-state index contributed by atoms with van der Waals surface area (Å²) in [6, 6.07) is 4.79. The van der Waals surface area contributed by atoms with Gasteiger partial charge in [0, 0.05) is 12.0 Å². The zero-order chi connectivity index (χ0) is 13.9. The van der Waals surface area contributed by atoms with E-state index in [1.54, 1.807) is 12.1 Å².